The van der Waals surface area contributed by atoms with Crippen molar-refractivity contribution in [3.8, 4) is 0 Å². The van der Waals surface area contributed by atoms with Crippen LogP contribution in [0.15, 0.2) is 0 Å². The summed E-state index contributed by atoms with van der Waals surface area (Å²) in [6.07, 6.45) is 1.92. The van der Waals surface area contributed by atoms with Crippen LogP contribution in [0.5, 0.6) is 0 Å². The van der Waals surface area contributed by atoms with E-state index in [2.05, 4.69) is 39.9 Å². The Balaban J connectivity index is 2.05. The third kappa shape index (κ3) is 3.69. The summed E-state index contributed by atoms with van der Waals surface area (Å²) in [5, 5.41) is 3.41. The van der Waals surface area contributed by atoms with Crippen LogP contribution >= 0.6 is 0 Å². The van der Waals surface area contributed by atoms with Gasteiger partial charge in [0.1, 0.15) is 0 Å². The minimum absolute atomic E-state index is 0.181. The average molecular weight is 268 g/mol. The minimum atomic E-state index is -0.254. The molecule has 19 heavy (non-hydrogen) atoms. The minimum Gasteiger partial charge on any atom is -0.366 e. The zero-order valence-electron chi connectivity index (χ0n) is 13.0. The van der Waals surface area contributed by atoms with Crippen molar-refractivity contribution in [3.05, 3.63) is 0 Å². The Morgan fingerprint density at radius 2 is 1.79 bits per heavy atom. The maximum absolute atomic E-state index is 12.7. The van der Waals surface area contributed by atoms with Crippen molar-refractivity contribution in [2.75, 3.05) is 19.6 Å². The Bertz CT molecular complexity index is 336. The second-order valence-electron chi connectivity index (χ2n) is 7.39. The second-order valence-corrected chi connectivity index (χ2v) is 7.39. The number of morpholine rings is 1. The number of nitrogens with one attached hydrogen (secondary N) is 1. The molecule has 0 aliphatic carbocycles. The van der Waals surface area contributed by atoms with Gasteiger partial charge in [0.25, 0.3) is 0 Å². The molecule has 0 bridgehead atoms. The van der Waals surface area contributed by atoms with E-state index >= 15 is 0 Å². The number of rotatable bonds is 1. The molecule has 2 rings (SSSR count). The molecule has 4 heteroatoms. The third-order valence-electron chi connectivity index (χ3n) is 3.98. The smallest absolute Gasteiger partial charge is 0.225 e. The molecule has 4 nitrogen and oxygen atoms in total. The molecule has 1 N–H and O–H groups in total. The summed E-state index contributed by atoms with van der Waals surface area (Å²) in [7, 11) is 0. The number of carbonyl (C=O) groups is 1. The second kappa shape index (κ2) is 5.06. The van der Waals surface area contributed by atoms with Crippen molar-refractivity contribution in [2.45, 2.75) is 64.7 Å². The number of hydrogen-bond donors (Lipinski definition) is 1. The van der Waals surface area contributed by atoms with Crippen LogP contribution in [0.4, 0.5) is 0 Å². The Morgan fingerprint density at radius 3 is 2.32 bits per heavy atom. The topological polar surface area (TPSA) is 41.6 Å². The molecule has 2 fully saturated rings. The average Bonchev–Trinajstić information content (AvgIpc) is 2.23. The van der Waals surface area contributed by atoms with E-state index in [9.17, 15) is 4.79 Å². The van der Waals surface area contributed by atoms with E-state index in [1.54, 1.807) is 0 Å². The van der Waals surface area contributed by atoms with Gasteiger partial charge in [0.2, 0.25) is 5.91 Å². The van der Waals surface area contributed by atoms with E-state index in [1.165, 1.54) is 0 Å². The van der Waals surface area contributed by atoms with Crippen molar-refractivity contribution < 1.29 is 9.53 Å². The Morgan fingerprint density at radius 1 is 1.21 bits per heavy atom. The van der Waals surface area contributed by atoms with Crippen molar-refractivity contribution in [3.63, 3.8) is 0 Å². The molecule has 0 aromatic rings. The van der Waals surface area contributed by atoms with E-state index in [0.717, 1.165) is 19.4 Å². The standard InChI is InChI=1S/C15H28N2O2/c1-11-8-12(6-7-16-11)13(18)17-9-14(2,3)19-15(4,5)10-17/h11-12,16H,6-10H2,1-5H3. The van der Waals surface area contributed by atoms with Crippen LogP contribution < -0.4 is 5.32 Å². The lowest BCUT2D eigenvalue weighted by Crippen LogP contribution is -2.60. The molecular weight excluding hydrogens is 240 g/mol. The number of ether oxygens (including phenoxy) is 1. The van der Waals surface area contributed by atoms with Crippen LogP contribution in [0.25, 0.3) is 0 Å². The highest BCUT2D eigenvalue weighted by Gasteiger charge is 2.41. The molecule has 2 heterocycles. The fourth-order valence-electron chi connectivity index (χ4n) is 3.56. The normalized spacial score (nSPS) is 34.1. The van der Waals surface area contributed by atoms with Crippen molar-refractivity contribution >= 4 is 5.91 Å². The quantitative estimate of drug-likeness (QED) is 0.788. The molecular formula is C15H28N2O2. The maximum Gasteiger partial charge on any atom is 0.225 e. The molecule has 0 saturated carbocycles. The van der Waals surface area contributed by atoms with Crippen LogP contribution in [-0.4, -0.2) is 47.7 Å². The first-order valence-electron chi connectivity index (χ1n) is 7.41. The lowest BCUT2D eigenvalue weighted by Gasteiger charge is -2.48. The summed E-state index contributed by atoms with van der Waals surface area (Å²) in [5.74, 6) is 0.499. The van der Waals surface area contributed by atoms with Gasteiger partial charge in [-0.2, -0.15) is 0 Å². The molecule has 1 amide bonds. The SMILES string of the molecule is CC1CC(C(=O)N2CC(C)(C)OC(C)(C)C2)CCN1. The fraction of sp³-hybridized carbons (Fsp3) is 0.933. The molecule has 2 aliphatic heterocycles. The van der Waals surface area contributed by atoms with Crippen molar-refractivity contribution in [2.24, 2.45) is 5.92 Å². The van der Waals surface area contributed by atoms with Crippen LogP contribution in [0.2, 0.25) is 0 Å². The van der Waals surface area contributed by atoms with Gasteiger partial charge in [-0.15, -0.1) is 0 Å². The molecule has 2 atom stereocenters. The Kier molecular flexibility index (Phi) is 3.94. The highest BCUT2D eigenvalue weighted by molar-refractivity contribution is 5.79. The number of nitrogens with zero attached hydrogens (tertiary/aromatic N) is 1. The van der Waals surface area contributed by atoms with Gasteiger partial charge in [0.15, 0.2) is 0 Å². The summed E-state index contributed by atoms with van der Waals surface area (Å²) >= 11 is 0. The van der Waals surface area contributed by atoms with Crippen LogP contribution in [-0.2, 0) is 9.53 Å². The zero-order chi connectivity index (χ0) is 14.3. The van der Waals surface area contributed by atoms with Gasteiger partial charge >= 0.3 is 0 Å². The van der Waals surface area contributed by atoms with Crippen LogP contribution in [0, 0.1) is 5.92 Å². The van der Waals surface area contributed by atoms with Gasteiger partial charge in [0.05, 0.1) is 11.2 Å². The van der Waals surface area contributed by atoms with E-state index < -0.39 is 0 Å². The lowest BCUT2D eigenvalue weighted by atomic mass is 9.90. The van der Waals surface area contributed by atoms with Gasteiger partial charge in [-0.05, 0) is 54.0 Å². The predicted octanol–water partition coefficient (Wildman–Crippen LogP) is 1.79. The molecule has 2 aliphatic rings. The molecule has 0 aromatic heterocycles. The molecule has 0 aromatic carbocycles. The van der Waals surface area contributed by atoms with Gasteiger partial charge in [-0.3, -0.25) is 4.79 Å². The largest absolute Gasteiger partial charge is 0.366 e. The predicted molar refractivity (Wildman–Crippen MR) is 76.0 cm³/mol. The molecule has 0 radical (unpaired) electrons. The van der Waals surface area contributed by atoms with Gasteiger partial charge < -0.3 is 15.0 Å². The summed E-state index contributed by atoms with van der Waals surface area (Å²) in [6.45, 7) is 12.8. The summed E-state index contributed by atoms with van der Waals surface area (Å²) < 4.78 is 6.04. The summed E-state index contributed by atoms with van der Waals surface area (Å²) in [5.41, 5.74) is -0.508. The van der Waals surface area contributed by atoms with Crippen LogP contribution in [0.1, 0.15) is 47.5 Å². The van der Waals surface area contributed by atoms with Crippen molar-refractivity contribution in [1.82, 2.24) is 10.2 Å². The number of carbonyl (C=O) groups excluding carboxylic acids is 1. The number of hydrogen-bond acceptors (Lipinski definition) is 3. The van der Waals surface area contributed by atoms with Crippen molar-refractivity contribution in [1.29, 1.82) is 0 Å². The summed E-state index contributed by atoms with van der Waals surface area (Å²) in [6, 6.07) is 0.449. The monoisotopic (exact) mass is 268 g/mol. The third-order valence-corrected chi connectivity index (χ3v) is 3.98. The van der Waals surface area contributed by atoms with E-state index in [-0.39, 0.29) is 17.1 Å². The molecule has 2 unspecified atom stereocenters. The first kappa shape index (κ1) is 14.8. The van der Waals surface area contributed by atoms with Gasteiger partial charge in [-0.25, -0.2) is 0 Å². The van der Waals surface area contributed by atoms with E-state index in [0.29, 0.717) is 25.0 Å². The highest BCUT2D eigenvalue weighted by Crippen LogP contribution is 2.30. The zero-order valence-corrected chi connectivity index (χ0v) is 13.0. The maximum atomic E-state index is 12.7. The first-order valence-corrected chi connectivity index (χ1v) is 7.41. The molecule has 0 spiro atoms. The Labute approximate surface area is 116 Å². The Hall–Kier alpha value is -0.610. The van der Waals surface area contributed by atoms with Gasteiger partial charge in [0, 0.05) is 25.0 Å². The fourth-order valence-corrected chi connectivity index (χ4v) is 3.56. The molecule has 2 saturated heterocycles. The van der Waals surface area contributed by atoms with E-state index in [4.69, 9.17) is 4.74 Å². The molecule has 110 valence electrons. The summed E-state index contributed by atoms with van der Waals surface area (Å²) in [4.78, 5) is 14.7. The first-order chi connectivity index (χ1) is 8.69. The van der Waals surface area contributed by atoms with Crippen LogP contribution in [0.3, 0.4) is 0 Å². The number of piperidine rings is 1. The lowest BCUT2D eigenvalue weighted by molar-refractivity contribution is -0.190. The number of amides is 1. The van der Waals surface area contributed by atoms with Gasteiger partial charge in [-0.1, -0.05) is 0 Å². The van der Waals surface area contributed by atoms with E-state index in [1.807, 2.05) is 4.90 Å². The highest BCUT2D eigenvalue weighted by atomic mass is 16.5.